The molecule has 1 aliphatic heterocycles. The lowest BCUT2D eigenvalue weighted by Crippen LogP contribution is -2.40. The Bertz CT molecular complexity index is 1290. The SMILES string of the molecule is O=S1(=O)NC(=NCc2cccc(OC(F)F)c2)Nc2c(Oc3ccccc3Cl)cccc21. The largest absolute Gasteiger partial charge is 0.454 e. The van der Waals surface area contributed by atoms with Crippen molar-refractivity contribution in [2.24, 2.45) is 4.99 Å². The number of para-hydroxylation sites is 2. The minimum absolute atomic E-state index is 0.00810. The maximum atomic E-state index is 12.7. The van der Waals surface area contributed by atoms with E-state index in [0.29, 0.717) is 16.3 Å². The maximum absolute atomic E-state index is 12.7. The Morgan fingerprint density at radius 3 is 2.53 bits per heavy atom. The van der Waals surface area contributed by atoms with Crippen LogP contribution in [0, 0.1) is 0 Å². The minimum Gasteiger partial charge on any atom is -0.454 e. The molecule has 0 fully saturated rings. The normalized spacial score (nSPS) is 15.6. The summed E-state index contributed by atoms with van der Waals surface area (Å²) in [6, 6.07) is 17.3. The molecule has 0 saturated heterocycles. The molecule has 0 aliphatic carbocycles. The van der Waals surface area contributed by atoms with Crippen LogP contribution in [0.15, 0.2) is 76.6 Å². The average molecular weight is 480 g/mol. The number of benzene rings is 3. The lowest BCUT2D eigenvalue weighted by atomic mass is 10.2. The van der Waals surface area contributed by atoms with Gasteiger partial charge >= 0.3 is 6.61 Å². The Balaban J connectivity index is 1.62. The summed E-state index contributed by atoms with van der Waals surface area (Å²) in [5, 5.41) is 3.28. The smallest absolute Gasteiger partial charge is 0.387 e. The number of anilines is 1. The van der Waals surface area contributed by atoms with Crippen molar-refractivity contribution in [3.8, 4) is 17.2 Å². The van der Waals surface area contributed by atoms with Gasteiger partial charge in [-0.15, -0.1) is 0 Å². The van der Waals surface area contributed by atoms with Gasteiger partial charge in [-0.2, -0.15) is 8.78 Å². The quantitative estimate of drug-likeness (QED) is 0.519. The first-order valence-electron chi connectivity index (χ1n) is 9.25. The highest BCUT2D eigenvalue weighted by atomic mass is 35.5. The van der Waals surface area contributed by atoms with Gasteiger partial charge in [0.1, 0.15) is 22.1 Å². The van der Waals surface area contributed by atoms with Crippen molar-refractivity contribution in [3.05, 3.63) is 77.3 Å². The molecule has 11 heteroatoms. The summed E-state index contributed by atoms with van der Waals surface area (Å²) in [6.07, 6.45) is 0. The number of sulfonamides is 1. The molecule has 0 unspecified atom stereocenters. The Labute approximate surface area is 187 Å². The zero-order valence-electron chi connectivity index (χ0n) is 16.3. The molecule has 3 aromatic rings. The van der Waals surface area contributed by atoms with Gasteiger partial charge in [-0.05, 0) is 42.0 Å². The molecular formula is C21H16ClF2N3O4S. The number of rotatable bonds is 6. The molecule has 0 bridgehead atoms. The Kier molecular flexibility index (Phi) is 6.15. The number of fused-ring (bicyclic) bond motifs is 1. The number of hydrogen-bond donors (Lipinski definition) is 2. The van der Waals surface area contributed by atoms with Crippen LogP contribution in [0.25, 0.3) is 0 Å². The third kappa shape index (κ3) is 4.92. The summed E-state index contributed by atoms with van der Waals surface area (Å²) >= 11 is 6.15. The van der Waals surface area contributed by atoms with E-state index in [0.717, 1.165) is 0 Å². The van der Waals surface area contributed by atoms with E-state index in [9.17, 15) is 17.2 Å². The number of ether oxygens (including phenoxy) is 2. The van der Waals surface area contributed by atoms with Crippen LogP contribution in [-0.4, -0.2) is 21.0 Å². The molecule has 0 radical (unpaired) electrons. The first-order valence-corrected chi connectivity index (χ1v) is 11.1. The average Bonchev–Trinajstić information content (AvgIpc) is 2.74. The highest BCUT2D eigenvalue weighted by Crippen LogP contribution is 2.38. The molecule has 1 heterocycles. The van der Waals surface area contributed by atoms with Crippen molar-refractivity contribution in [2.75, 3.05) is 5.32 Å². The van der Waals surface area contributed by atoms with E-state index < -0.39 is 16.6 Å². The predicted molar refractivity (Wildman–Crippen MR) is 116 cm³/mol. The van der Waals surface area contributed by atoms with Gasteiger partial charge < -0.3 is 14.8 Å². The van der Waals surface area contributed by atoms with Crippen molar-refractivity contribution in [1.82, 2.24) is 4.72 Å². The van der Waals surface area contributed by atoms with Crippen molar-refractivity contribution >= 4 is 33.3 Å². The second-order valence-electron chi connectivity index (χ2n) is 6.58. The number of aliphatic imine (C=N–C) groups is 1. The van der Waals surface area contributed by atoms with E-state index in [4.69, 9.17) is 16.3 Å². The van der Waals surface area contributed by atoms with E-state index in [2.05, 4.69) is 19.8 Å². The molecule has 2 N–H and O–H groups in total. The standard InChI is InChI=1S/C21H16ClF2N3O4S/c22-15-7-1-2-8-16(15)31-17-9-4-10-18-19(17)26-21(27-32(18,28)29)25-12-13-5-3-6-14(11-13)30-20(23)24/h1-11,20H,12H2,(H2,25,26,27). The molecule has 0 saturated carbocycles. The fourth-order valence-electron chi connectivity index (χ4n) is 2.98. The van der Waals surface area contributed by atoms with Gasteiger partial charge in [0, 0.05) is 0 Å². The topological polar surface area (TPSA) is 89.0 Å². The molecule has 0 atom stereocenters. The van der Waals surface area contributed by atoms with Gasteiger partial charge in [0.25, 0.3) is 10.0 Å². The number of nitrogens with zero attached hydrogens (tertiary/aromatic N) is 1. The van der Waals surface area contributed by atoms with Crippen molar-refractivity contribution in [1.29, 1.82) is 0 Å². The van der Waals surface area contributed by atoms with E-state index in [-0.39, 0.29) is 34.6 Å². The first kappa shape index (κ1) is 21.8. The first-order chi connectivity index (χ1) is 15.3. The Hall–Kier alpha value is -3.37. The molecule has 32 heavy (non-hydrogen) atoms. The van der Waals surface area contributed by atoms with Gasteiger partial charge in [-0.1, -0.05) is 41.9 Å². The molecular weight excluding hydrogens is 464 g/mol. The fraction of sp³-hybridized carbons (Fsp3) is 0.0952. The zero-order valence-corrected chi connectivity index (χ0v) is 17.8. The van der Waals surface area contributed by atoms with E-state index in [1.165, 1.54) is 24.3 Å². The predicted octanol–water partition coefficient (Wildman–Crippen LogP) is 4.99. The van der Waals surface area contributed by atoms with Gasteiger partial charge in [-0.3, -0.25) is 0 Å². The summed E-state index contributed by atoms with van der Waals surface area (Å²) in [5.74, 6) is 0.527. The van der Waals surface area contributed by atoms with E-state index in [1.807, 2.05) is 0 Å². The van der Waals surface area contributed by atoms with Crippen molar-refractivity contribution < 1.29 is 26.7 Å². The van der Waals surface area contributed by atoms with Crippen molar-refractivity contribution in [3.63, 3.8) is 0 Å². The molecule has 0 aromatic heterocycles. The lowest BCUT2D eigenvalue weighted by molar-refractivity contribution is -0.0498. The van der Waals surface area contributed by atoms with Crippen LogP contribution in [0.3, 0.4) is 0 Å². The van der Waals surface area contributed by atoms with Gasteiger partial charge in [0.15, 0.2) is 5.75 Å². The summed E-state index contributed by atoms with van der Waals surface area (Å²) in [6.45, 7) is -2.94. The highest BCUT2D eigenvalue weighted by molar-refractivity contribution is 7.90. The van der Waals surface area contributed by atoms with Gasteiger partial charge in [0.05, 0.1) is 11.6 Å². The van der Waals surface area contributed by atoms with Crippen molar-refractivity contribution in [2.45, 2.75) is 18.1 Å². The van der Waals surface area contributed by atoms with Gasteiger partial charge in [-0.25, -0.2) is 18.1 Å². The molecule has 3 aromatic carbocycles. The van der Waals surface area contributed by atoms with Crippen LogP contribution < -0.4 is 19.5 Å². The van der Waals surface area contributed by atoms with Crippen LogP contribution in [0.5, 0.6) is 17.2 Å². The number of guanidine groups is 1. The number of nitrogens with one attached hydrogen (secondary N) is 2. The monoisotopic (exact) mass is 479 g/mol. The third-order valence-corrected chi connectivity index (χ3v) is 6.05. The molecule has 0 spiro atoms. The molecule has 0 amide bonds. The van der Waals surface area contributed by atoms with Gasteiger partial charge in [0.2, 0.25) is 5.96 Å². The Morgan fingerprint density at radius 1 is 1.00 bits per heavy atom. The fourth-order valence-corrected chi connectivity index (χ4v) is 4.31. The summed E-state index contributed by atoms with van der Waals surface area (Å²) < 4.78 is 62.8. The molecule has 166 valence electrons. The van der Waals surface area contributed by atoms with Crippen LogP contribution in [-0.2, 0) is 16.6 Å². The third-order valence-electron chi connectivity index (χ3n) is 4.35. The minimum atomic E-state index is -3.92. The zero-order chi connectivity index (χ0) is 22.7. The summed E-state index contributed by atoms with van der Waals surface area (Å²) in [4.78, 5) is 4.20. The molecule has 7 nitrogen and oxygen atoms in total. The van der Waals surface area contributed by atoms with Crippen LogP contribution in [0.1, 0.15) is 5.56 Å². The molecule has 1 aliphatic rings. The number of hydrogen-bond acceptors (Lipinski definition) is 5. The number of alkyl halides is 2. The van der Waals surface area contributed by atoms with Crippen LogP contribution in [0.4, 0.5) is 14.5 Å². The maximum Gasteiger partial charge on any atom is 0.387 e. The van der Waals surface area contributed by atoms with E-state index >= 15 is 0 Å². The van der Waals surface area contributed by atoms with Crippen LogP contribution in [0.2, 0.25) is 5.02 Å². The summed E-state index contributed by atoms with van der Waals surface area (Å²) in [7, 11) is -3.92. The van der Waals surface area contributed by atoms with Crippen LogP contribution >= 0.6 is 11.6 Å². The number of halogens is 3. The summed E-state index contributed by atoms with van der Waals surface area (Å²) in [5.41, 5.74) is 0.739. The molecule has 4 rings (SSSR count). The lowest BCUT2D eigenvalue weighted by Gasteiger charge is -2.23. The Morgan fingerprint density at radius 2 is 1.75 bits per heavy atom. The second-order valence-corrected chi connectivity index (χ2v) is 8.64. The second kappa shape index (κ2) is 9.01. The highest BCUT2D eigenvalue weighted by Gasteiger charge is 2.29. The van der Waals surface area contributed by atoms with E-state index in [1.54, 1.807) is 42.5 Å².